The molecule has 7 nitrogen and oxygen atoms in total. The van der Waals surface area contributed by atoms with Crippen molar-refractivity contribution in [3.63, 3.8) is 0 Å². The molecule has 9 heteroatoms. The molecule has 0 bridgehead atoms. The van der Waals surface area contributed by atoms with E-state index in [-0.39, 0.29) is 5.78 Å². The van der Waals surface area contributed by atoms with E-state index in [9.17, 15) is 4.79 Å². The highest BCUT2D eigenvalue weighted by molar-refractivity contribution is 7.22. The van der Waals surface area contributed by atoms with Gasteiger partial charge in [-0.3, -0.25) is 9.69 Å². The molecule has 3 heterocycles. The van der Waals surface area contributed by atoms with Crippen molar-refractivity contribution >= 4 is 44.9 Å². The summed E-state index contributed by atoms with van der Waals surface area (Å²) in [6, 6.07) is 12.5. The highest BCUT2D eigenvalue weighted by atomic mass is 35.5. The van der Waals surface area contributed by atoms with E-state index in [0.29, 0.717) is 5.02 Å². The number of thiazole rings is 1. The molecule has 1 aliphatic carbocycles. The Balaban J connectivity index is 1.44. The van der Waals surface area contributed by atoms with E-state index in [0.717, 1.165) is 81.3 Å². The number of aryl methyl sites for hydroxylation is 1. The van der Waals surface area contributed by atoms with Crippen molar-refractivity contribution in [2.45, 2.75) is 65.2 Å². The Morgan fingerprint density at radius 3 is 2.41 bits per heavy atom. The average Bonchev–Trinajstić information content (AvgIpc) is 3.70. The van der Waals surface area contributed by atoms with E-state index in [4.69, 9.17) is 26.3 Å². The molecular formula is C32H36ClN5O2S. The van der Waals surface area contributed by atoms with Crippen molar-refractivity contribution in [1.29, 1.82) is 0 Å². The first-order chi connectivity index (χ1) is 19.6. The second kappa shape index (κ2) is 11.1. The van der Waals surface area contributed by atoms with Gasteiger partial charge in [-0.1, -0.05) is 23.7 Å². The molecule has 2 fully saturated rings. The van der Waals surface area contributed by atoms with Crippen molar-refractivity contribution in [2.75, 3.05) is 31.1 Å². The summed E-state index contributed by atoms with van der Waals surface area (Å²) in [5, 5.41) is 1.48. The Hall–Kier alpha value is -2.91. The number of ketones is 1. The SMILES string of the molecule is CC(=O)[C@@H](OC(C)(C)C)c1c(C)cc2nc(-c3ccnc(N4CCN(C5CC5)CC4)n3)sc2c1-c1ccc(Cl)cc1. The van der Waals surface area contributed by atoms with E-state index in [1.54, 1.807) is 18.3 Å². The number of hydrogen-bond donors (Lipinski definition) is 0. The second-order valence-corrected chi connectivity index (χ2v) is 13.5. The fraction of sp³-hybridized carbons (Fsp3) is 0.438. The van der Waals surface area contributed by atoms with E-state index >= 15 is 0 Å². The number of carbonyl (C=O) groups excluding carboxylic acids is 1. The molecular weight excluding hydrogens is 554 g/mol. The summed E-state index contributed by atoms with van der Waals surface area (Å²) in [5.74, 6) is 0.715. The summed E-state index contributed by atoms with van der Waals surface area (Å²) in [6.07, 6.45) is 3.78. The number of benzene rings is 2. The van der Waals surface area contributed by atoms with Gasteiger partial charge in [-0.15, -0.1) is 11.3 Å². The van der Waals surface area contributed by atoms with Crippen LogP contribution in [0, 0.1) is 6.92 Å². The van der Waals surface area contributed by atoms with Crippen molar-refractivity contribution in [1.82, 2.24) is 19.9 Å². The Bertz CT molecular complexity index is 1580. The van der Waals surface area contributed by atoms with Gasteiger partial charge in [0, 0.05) is 54.6 Å². The Morgan fingerprint density at radius 2 is 1.78 bits per heavy atom. The minimum atomic E-state index is -0.712. The van der Waals surface area contributed by atoms with Crippen LogP contribution < -0.4 is 4.90 Å². The molecule has 1 saturated heterocycles. The first-order valence-electron chi connectivity index (χ1n) is 14.3. The van der Waals surface area contributed by atoms with Crippen LogP contribution in [0.25, 0.3) is 32.0 Å². The molecule has 214 valence electrons. The van der Waals surface area contributed by atoms with Crippen LogP contribution in [0.2, 0.25) is 5.02 Å². The number of anilines is 1. The second-order valence-electron chi connectivity index (χ2n) is 12.1. The summed E-state index contributed by atoms with van der Waals surface area (Å²) in [6.45, 7) is 13.5. The van der Waals surface area contributed by atoms with Crippen molar-refractivity contribution in [3.05, 3.63) is 58.7 Å². The minimum absolute atomic E-state index is 0.0375. The maximum Gasteiger partial charge on any atom is 0.226 e. The van der Waals surface area contributed by atoms with E-state index in [1.807, 2.05) is 64.2 Å². The molecule has 1 saturated carbocycles. The normalized spacial score (nSPS) is 17.3. The number of aromatic nitrogens is 3. The smallest absolute Gasteiger partial charge is 0.226 e. The summed E-state index contributed by atoms with van der Waals surface area (Å²) in [4.78, 5) is 32.5. The monoisotopic (exact) mass is 589 g/mol. The molecule has 2 aliphatic rings. The third-order valence-corrected chi connectivity index (χ3v) is 9.05. The predicted molar refractivity (Wildman–Crippen MR) is 167 cm³/mol. The number of fused-ring (bicyclic) bond motifs is 1. The zero-order valence-electron chi connectivity index (χ0n) is 24.3. The number of carbonyl (C=O) groups is 1. The van der Waals surface area contributed by atoms with Crippen LogP contribution in [0.3, 0.4) is 0 Å². The molecule has 0 radical (unpaired) electrons. The molecule has 0 unspecified atom stereocenters. The lowest BCUT2D eigenvalue weighted by Crippen LogP contribution is -2.47. The maximum absolute atomic E-state index is 13.0. The molecule has 1 aliphatic heterocycles. The number of halogens is 1. The number of piperazine rings is 1. The fourth-order valence-corrected chi connectivity index (χ4v) is 6.83. The van der Waals surface area contributed by atoms with E-state index in [2.05, 4.69) is 20.9 Å². The van der Waals surface area contributed by atoms with Crippen molar-refractivity contribution in [3.8, 4) is 21.8 Å². The minimum Gasteiger partial charge on any atom is -0.360 e. The molecule has 6 rings (SSSR count). The van der Waals surface area contributed by atoms with Gasteiger partial charge in [-0.2, -0.15) is 0 Å². The Morgan fingerprint density at radius 1 is 1.07 bits per heavy atom. The lowest BCUT2D eigenvalue weighted by molar-refractivity contribution is -0.138. The van der Waals surface area contributed by atoms with Crippen LogP contribution in [-0.2, 0) is 9.53 Å². The molecule has 0 spiro atoms. The van der Waals surface area contributed by atoms with Crippen LogP contribution in [0.15, 0.2) is 42.6 Å². The van der Waals surface area contributed by atoms with Gasteiger partial charge in [0.25, 0.3) is 0 Å². The third-order valence-electron chi connectivity index (χ3n) is 7.69. The average molecular weight is 590 g/mol. The van der Waals surface area contributed by atoms with Gasteiger partial charge < -0.3 is 9.64 Å². The van der Waals surface area contributed by atoms with E-state index < -0.39 is 11.7 Å². The number of hydrogen-bond acceptors (Lipinski definition) is 8. The lowest BCUT2D eigenvalue weighted by Gasteiger charge is -2.34. The quantitative estimate of drug-likeness (QED) is 0.227. The first-order valence-corrected chi connectivity index (χ1v) is 15.5. The molecule has 4 aromatic rings. The standard InChI is InChI=1S/C32H36ClN5O2S/c1-19-18-25-29(27(21-6-8-22(33)9-7-21)26(19)28(20(2)39)40-32(3,4)5)41-30(35-25)24-12-13-34-31(36-24)38-16-14-37(15-17-38)23-10-11-23/h6-9,12-13,18,23,28H,10-11,14-17H2,1-5H3/t28-/m1/s1. The largest absolute Gasteiger partial charge is 0.360 e. The van der Waals surface area contributed by atoms with Gasteiger partial charge >= 0.3 is 0 Å². The highest BCUT2D eigenvalue weighted by Crippen LogP contribution is 2.44. The van der Waals surface area contributed by atoms with Crippen molar-refractivity contribution < 1.29 is 9.53 Å². The van der Waals surface area contributed by atoms with Crippen LogP contribution in [0.5, 0.6) is 0 Å². The highest BCUT2D eigenvalue weighted by Gasteiger charge is 2.32. The maximum atomic E-state index is 13.0. The van der Waals surface area contributed by atoms with Gasteiger partial charge in [-0.25, -0.2) is 15.0 Å². The molecule has 41 heavy (non-hydrogen) atoms. The van der Waals surface area contributed by atoms with Crippen molar-refractivity contribution in [2.24, 2.45) is 0 Å². The van der Waals surface area contributed by atoms with Gasteiger partial charge in [0.15, 0.2) is 5.78 Å². The molecule has 2 aromatic carbocycles. The Labute approximate surface area is 250 Å². The topological polar surface area (TPSA) is 71.5 Å². The third kappa shape index (κ3) is 6.02. The van der Waals surface area contributed by atoms with Gasteiger partial charge in [-0.05, 0) is 82.9 Å². The molecule has 1 atom stereocenters. The summed E-state index contributed by atoms with van der Waals surface area (Å²) >= 11 is 7.85. The molecule has 0 N–H and O–H groups in total. The van der Waals surface area contributed by atoms with Gasteiger partial charge in [0.2, 0.25) is 5.95 Å². The summed E-state index contributed by atoms with van der Waals surface area (Å²) in [7, 11) is 0. The first kappa shape index (κ1) is 28.2. The van der Waals surface area contributed by atoms with E-state index in [1.165, 1.54) is 12.8 Å². The summed E-state index contributed by atoms with van der Waals surface area (Å²) in [5.41, 5.74) is 4.91. The molecule has 0 amide bonds. The zero-order chi connectivity index (χ0) is 28.9. The lowest BCUT2D eigenvalue weighted by atomic mass is 9.90. The fourth-order valence-electron chi connectivity index (χ4n) is 5.61. The van der Waals surface area contributed by atoms with Crippen LogP contribution in [0.4, 0.5) is 5.95 Å². The number of nitrogens with zero attached hydrogens (tertiary/aromatic N) is 5. The Kier molecular flexibility index (Phi) is 7.61. The van der Waals surface area contributed by atoms with Gasteiger partial charge in [0.05, 0.1) is 15.8 Å². The van der Waals surface area contributed by atoms with Crippen LogP contribution >= 0.6 is 22.9 Å². The number of rotatable bonds is 7. The zero-order valence-corrected chi connectivity index (χ0v) is 25.8. The van der Waals surface area contributed by atoms with Gasteiger partial charge in [0.1, 0.15) is 16.8 Å². The number of Topliss-reactive ketones (excluding diaryl/α,β-unsaturated/α-hetero) is 1. The predicted octanol–water partition coefficient (Wildman–Crippen LogP) is 7.11. The summed E-state index contributed by atoms with van der Waals surface area (Å²) < 4.78 is 7.37. The number of ether oxygens (including phenoxy) is 1. The van der Waals surface area contributed by atoms with Crippen LogP contribution in [-0.4, -0.2) is 63.5 Å². The molecule has 2 aromatic heterocycles. The van der Waals surface area contributed by atoms with Crippen LogP contribution in [0.1, 0.15) is 57.8 Å².